The van der Waals surface area contributed by atoms with Gasteiger partial charge in [-0.15, -0.1) is 0 Å². The normalized spacial score (nSPS) is 18.0. The molecule has 0 saturated carbocycles. The molecular formula is C17H28ClN3O2S. The molecule has 5 nitrogen and oxygen atoms in total. The third kappa shape index (κ3) is 5.70. The van der Waals surface area contributed by atoms with E-state index in [0.29, 0.717) is 11.6 Å². The van der Waals surface area contributed by atoms with Gasteiger partial charge >= 0.3 is 0 Å². The largest absolute Gasteiger partial charge is 0.301 e. The average Bonchev–Trinajstić information content (AvgIpc) is 2.55. The zero-order valence-corrected chi connectivity index (χ0v) is 16.3. The summed E-state index contributed by atoms with van der Waals surface area (Å²) in [6.45, 7) is 11.9. The third-order valence-electron chi connectivity index (χ3n) is 4.67. The van der Waals surface area contributed by atoms with Crippen molar-refractivity contribution in [2.45, 2.75) is 32.1 Å². The van der Waals surface area contributed by atoms with Gasteiger partial charge in [0.05, 0.1) is 5.75 Å². The first-order valence-electron chi connectivity index (χ1n) is 8.41. The summed E-state index contributed by atoms with van der Waals surface area (Å²) >= 11 is 5.84. The SMILES string of the molecule is CCN1CCN(C(C)(C)CNS(=O)(=O)Cc2ccc(Cl)cc2)CC1. The quantitative estimate of drug-likeness (QED) is 0.795. The lowest BCUT2D eigenvalue weighted by molar-refractivity contribution is 0.0571. The molecule has 136 valence electrons. The molecule has 7 heteroatoms. The minimum Gasteiger partial charge on any atom is -0.301 e. The van der Waals surface area contributed by atoms with Crippen molar-refractivity contribution in [2.24, 2.45) is 0 Å². The average molecular weight is 374 g/mol. The smallest absolute Gasteiger partial charge is 0.215 e. The summed E-state index contributed by atoms with van der Waals surface area (Å²) in [6.07, 6.45) is 0. The van der Waals surface area contributed by atoms with Crippen LogP contribution in [0.1, 0.15) is 26.3 Å². The van der Waals surface area contributed by atoms with Crippen LogP contribution in [-0.4, -0.2) is 63.0 Å². The Hall–Kier alpha value is -0.660. The molecule has 0 aliphatic carbocycles. The van der Waals surface area contributed by atoms with Gasteiger partial charge in [-0.1, -0.05) is 30.7 Å². The van der Waals surface area contributed by atoms with Crippen molar-refractivity contribution >= 4 is 21.6 Å². The van der Waals surface area contributed by atoms with Gasteiger partial charge in [0, 0.05) is 43.3 Å². The van der Waals surface area contributed by atoms with Gasteiger partial charge in [-0.2, -0.15) is 0 Å². The third-order valence-corrected chi connectivity index (χ3v) is 6.22. The number of hydrogen-bond donors (Lipinski definition) is 1. The second-order valence-electron chi connectivity index (χ2n) is 6.94. The highest BCUT2D eigenvalue weighted by molar-refractivity contribution is 7.88. The Kier molecular flexibility index (Phi) is 6.67. The molecule has 0 unspecified atom stereocenters. The molecule has 1 aromatic rings. The van der Waals surface area contributed by atoms with Crippen LogP contribution in [0.4, 0.5) is 0 Å². The number of piperazine rings is 1. The maximum Gasteiger partial charge on any atom is 0.215 e. The van der Waals surface area contributed by atoms with Crippen molar-refractivity contribution in [1.29, 1.82) is 0 Å². The highest BCUT2D eigenvalue weighted by atomic mass is 35.5. The Morgan fingerprint density at radius 2 is 1.71 bits per heavy atom. The lowest BCUT2D eigenvalue weighted by Gasteiger charge is -2.44. The van der Waals surface area contributed by atoms with Crippen LogP contribution in [-0.2, 0) is 15.8 Å². The van der Waals surface area contributed by atoms with Crippen molar-refractivity contribution < 1.29 is 8.42 Å². The molecule has 2 rings (SSSR count). The van der Waals surface area contributed by atoms with Crippen molar-refractivity contribution in [3.05, 3.63) is 34.9 Å². The predicted molar refractivity (Wildman–Crippen MR) is 99.8 cm³/mol. The van der Waals surface area contributed by atoms with E-state index in [-0.39, 0.29) is 11.3 Å². The number of halogens is 1. The van der Waals surface area contributed by atoms with Gasteiger partial charge in [-0.25, -0.2) is 13.1 Å². The van der Waals surface area contributed by atoms with Gasteiger partial charge in [0.1, 0.15) is 0 Å². The zero-order valence-electron chi connectivity index (χ0n) is 14.8. The monoisotopic (exact) mass is 373 g/mol. The molecule has 24 heavy (non-hydrogen) atoms. The highest BCUT2D eigenvalue weighted by Gasteiger charge is 2.30. The molecule has 1 fully saturated rings. The molecule has 1 aromatic carbocycles. The van der Waals surface area contributed by atoms with E-state index in [2.05, 4.69) is 35.3 Å². The maximum atomic E-state index is 12.3. The van der Waals surface area contributed by atoms with Crippen molar-refractivity contribution in [1.82, 2.24) is 14.5 Å². The predicted octanol–water partition coefficient (Wildman–Crippen LogP) is 2.18. The number of hydrogen-bond acceptors (Lipinski definition) is 4. The van der Waals surface area contributed by atoms with E-state index in [1.807, 2.05) is 0 Å². The van der Waals surface area contributed by atoms with E-state index in [1.54, 1.807) is 24.3 Å². The summed E-state index contributed by atoms with van der Waals surface area (Å²) in [5.74, 6) is -0.0239. The zero-order chi connectivity index (χ0) is 17.8. The Morgan fingerprint density at radius 1 is 1.12 bits per heavy atom. The fourth-order valence-corrected chi connectivity index (χ4v) is 4.35. The second-order valence-corrected chi connectivity index (χ2v) is 9.18. The second kappa shape index (κ2) is 8.15. The summed E-state index contributed by atoms with van der Waals surface area (Å²) in [7, 11) is -3.36. The van der Waals surface area contributed by atoms with Crippen molar-refractivity contribution in [2.75, 3.05) is 39.3 Å². The Labute approximate surface area is 151 Å². The van der Waals surface area contributed by atoms with Gasteiger partial charge in [0.25, 0.3) is 0 Å². The summed E-state index contributed by atoms with van der Waals surface area (Å²) in [5.41, 5.74) is 0.536. The molecule has 0 spiro atoms. The Bertz CT molecular complexity index is 624. The van der Waals surface area contributed by atoms with E-state index in [4.69, 9.17) is 11.6 Å². The van der Waals surface area contributed by atoms with E-state index in [9.17, 15) is 8.42 Å². The molecule has 1 N–H and O–H groups in total. The Morgan fingerprint density at radius 3 is 2.25 bits per heavy atom. The van der Waals surface area contributed by atoms with E-state index in [1.165, 1.54) is 0 Å². The van der Waals surface area contributed by atoms with E-state index in [0.717, 1.165) is 38.3 Å². The molecule has 1 aliphatic rings. The Balaban J connectivity index is 1.89. The standard InChI is InChI=1S/C17H28ClN3O2S/c1-4-20-9-11-21(12-10-20)17(2,3)14-19-24(22,23)13-15-5-7-16(18)8-6-15/h5-8,19H,4,9-14H2,1-3H3. The molecule has 0 bridgehead atoms. The fourth-order valence-electron chi connectivity index (χ4n) is 2.92. The molecule has 1 heterocycles. The fraction of sp³-hybridized carbons (Fsp3) is 0.647. The highest BCUT2D eigenvalue weighted by Crippen LogP contribution is 2.17. The van der Waals surface area contributed by atoms with Crippen LogP contribution in [0.3, 0.4) is 0 Å². The van der Waals surface area contributed by atoms with Gasteiger partial charge in [0.2, 0.25) is 10.0 Å². The molecule has 1 saturated heterocycles. The van der Waals surface area contributed by atoms with Crippen LogP contribution in [0.5, 0.6) is 0 Å². The molecule has 0 amide bonds. The van der Waals surface area contributed by atoms with Gasteiger partial charge in [-0.05, 0) is 38.1 Å². The number of sulfonamides is 1. The number of nitrogens with one attached hydrogen (secondary N) is 1. The number of nitrogens with zero attached hydrogens (tertiary/aromatic N) is 2. The number of likely N-dealkylation sites (N-methyl/N-ethyl adjacent to an activating group) is 1. The van der Waals surface area contributed by atoms with Crippen molar-refractivity contribution in [3.8, 4) is 0 Å². The minimum atomic E-state index is -3.36. The van der Waals surface area contributed by atoms with Gasteiger partial charge in [0.15, 0.2) is 0 Å². The lowest BCUT2D eigenvalue weighted by Crippen LogP contribution is -2.58. The minimum absolute atomic E-state index is 0.0239. The van der Waals surface area contributed by atoms with Crippen LogP contribution < -0.4 is 4.72 Å². The van der Waals surface area contributed by atoms with Crippen LogP contribution in [0.15, 0.2) is 24.3 Å². The summed E-state index contributed by atoms with van der Waals surface area (Å²) in [4.78, 5) is 4.78. The van der Waals surface area contributed by atoms with Gasteiger partial charge in [-0.3, -0.25) is 4.90 Å². The lowest BCUT2D eigenvalue weighted by atomic mass is 10.0. The van der Waals surface area contributed by atoms with Crippen molar-refractivity contribution in [3.63, 3.8) is 0 Å². The van der Waals surface area contributed by atoms with Crippen LogP contribution >= 0.6 is 11.6 Å². The molecular weight excluding hydrogens is 346 g/mol. The summed E-state index contributed by atoms with van der Waals surface area (Å²) < 4.78 is 27.5. The van der Waals surface area contributed by atoms with Crippen LogP contribution in [0, 0.1) is 0 Å². The van der Waals surface area contributed by atoms with Crippen LogP contribution in [0.2, 0.25) is 5.02 Å². The summed E-state index contributed by atoms with van der Waals surface area (Å²) in [6, 6.07) is 6.92. The van der Waals surface area contributed by atoms with E-state index >= 15 is 0 Å². The summed E-state index contributed by atoms with van der Waals surface area (Å²) in [5, 5.41) is 0.608. The first-order valence-corrected chi connectivity index (χ1v) is 10.4. The molecule has 0 aromatic heterocycles. The maximum absolute atomic E-state index is 12.3. The molecule has 0 atom stereocenters. The van der Waals surface area contributed by atoms with Crippen LogP contribution in [0.25, 0.3) is 0 Å². The van der Waals surface area contributed by atoms with E-state index < -0.39 is 10.0 Å². The number of rotatable bonds is 7. The number of benzene rings is 1. The topological polar surface area (TPSA) is 52.6 Å². The molecule has 0 radical (unpaired) electrons. The first-order chi connectivity index (χ1) is 11.2. The van der Waals surface area contributed by atoms with Gasteiger partial charge < -0.3 is 4.90 Å². The molecule has 1 aliphatic heterocycles. The first kappa shape index (κ1) is 19.7.